The SMILES string of the molecule is CC/C=C\C/C=C\C[C@@H]1[C@H](/C=C/C(=O)C/C=C\CCC(=O)OC)[C@@H](O[Si](C)(C)C(C)(C)C)C[C@H]1O[Si](C)(C)C(C)(C)C. The van der Waals surface area contributed by atoms with Crippen LogP contribution in [0.2, 0.25) is 36.3 Å². The third-order valence-electron chi connectivity index (χ3n) is 9.35. The Morgan fingerprint density at radius 3 is 1.93 bits per heavy atom. The Hall–Kier alpha value is -1.55. The standard InChI is InChI=1S/C35H62O5Si2/c1-13-14-15-16-17-20-23-29-30(26-25-28(36)22-19-18-21-24-33(37)38-8)32(40-42(11,12)35(5,6)7)27-31(29)39-41(9,10)34(2,3)4/h14-15,17-20,25-26,29-32H,13,16,21-24,27H2,1-12H3/b15-14-,19-18-,20-17-,26-25+/t29-,30+,31-,32+/m1/s1. The van der Waals surface area contributed by atoms with Crippen molar-refractivity contribution in [1.29, 1.82) is 0 Å². The van der Waals surface area contributed by atoms with E-state index in [2.05, 4.69) is 110 Å². The van der Waals surface area contributed by atoms with Crippen molar-refractivity contribution in [2.75, 3.05) is 7.11 Å². The molecule has 1 aliphatic rings. The Morgan fingerprint density at radius 2 is 1.38 bits per heavy atom. The van der Waals surface area contributed by atoms with Gasteiger partial charge in [-0.05, 0) is 80.4 Å². The number of ether oxygens (including phenoxy) is 1. The molecule has 0 amide bonds. The highest BCUT2D eigenvalue weighted by Crippen LogP contribution is 2.47. The number of methoxy groups -OCH3 is 1. The molecular formula is C35H62O5Si2. The lowest BCUT2D eigenvalue weighted by Crippen LogP contribution is -2.45. The highest BCUT2D eigenvalue weighted by Gasteiger charge is 2.50. The van der Waals surface area contributed by atoms with E-state index >= 15 is 0 Å². The first-order valence-electron chi connectivity index (χ1n) is 15.9. The smallest absolute Gasteiger partial charge is 0.305 e. The van der Waals surface area contributed by atoms with Gasteiger partial charge in [-0.15, -0.1) is 0 Å². The van der Waals surface area contributed by atoms with Crippen molar-refractivity contribution in [2.24, 2.45) is 11.8 Å². The number of allylic oxidation sites excluding steroid dienone is 7. The number of esters is 1. The molecule has 0 bridgehead atoms. The van der Waals surface area contributed by atoms with Gasteiger partial charge in [0.1, 0.15) is 0 Å². The van der Waals surface area contributed by atoms with E-state index in [0.29, 0.717) is 19.3 Å². The van der Waals surface area contributed by atoms with Gasteiger partial charge >= 0.3 is 5.97 Å². The molecule has 1 aliphatic carbocycles. The molecule has 1 rings (SSSR count). The average molecular weight is 619 g/mol. The van der Waals surface area contributed by atoms with Crippen molar-refractivity contribution < 1.29 is 23.2 Å². The van der Waals surface area contributed by atoms with Gasteiger partial charge in [0.25, 0.3) is 0 Å². The highest BCUT2D eigenvalue weighted by atomic mass is 28.4. The Kier molecular flexibility index (Phi) is 15.6. The van der Waals surface area contributed by atoms with E-state index < -0.39 is 16.6 Å². The predicted octanol–water partition coefficient (Wildman–Crippen LogP) is 9.73. The highest BCUT2D eigenvalue weighted by molar-refractivity contribution is 6.74. The van der Waals surface area contributed by atoms with Crippen LogP contribution in [-0.4, -0.2) is 47.7 Å². The Morgan fingerprint density at radius 1 is 0.810 bits per heavy atom. The molecule has 4 atom stereocenters. The second kappa shape index (κ2) is 17.1. The van der Waals surface area contributed by atoms with Crippen LogP contribution in [0.1, 0.15) is 93.4 Å². The van der Waals surface area contributed by atoms with Crippen molar-refractivity contribution >= 4 is 28.4 Å². The zero-order valence-corrected chi connectivity index (χ0v) is 30.9. The van der Waals surface area contributed by atoms with E-state index in [1.165, 1.54) is 7.11 Å². The van der Waals surface area contributed by atoms with Crippen LogP contribution in [-0.2, 0) is 23.2 Å². The molecule has 0 aliphatic heterocycles. The van der Waals surface area contributed by atoms with E-state index in [0.717, 1.165) is 25.7 Å². The number of carbonyl (C=O) groups excluding carboxylic acids is 2. The maximum absolute atomic E-state index is 12.9. The largest absolute Gasteiger partial charge is 0.469 e. The van der Waals surface area contributed by atoms with E-state index in [4.69, 9.17) is 8.85 Å². The van der Waals surface area contributed by atoms with Crippen LogP contribution in [0, 0.1) is 11.8 Å². The molecule has 0 spiro atoms. The molecular weight excluding hydrogens is 557 g/mol. The van der Waals surface area contributed by atoms with Gasteiger partial charge in [0, 0.05) is 18.8 Å². The molecule has 0 aromatic carbocycles. The first-order chi connectivity index (χ1) is 19.4. The van der Waals surface area contributed by atoms with Crippen molar-refractivity contribution in [2.45, 2.75) is 142 Å². The summed E-state index contributed by atoms with van der Waals surface area (Å²) in [5.41, 5.74) is 0. The van der Waals surface area contributed by atoms with Crippen molar-refractivity contribution in [3.8, 4) is 0 Å². The van der Waals surface area contributed by atoms with Crippen LogP contribution < -0.4 is 0 Å². The van der Waals surface area contributed by atoms with Crippen molar-refractivity contribution in [3.63, 3.8) is 0 Å². The molecule has 5 nitrogen and oxygen atoms in total. The summed E-state index contributed by atoms with van der Waals surface area (Å²) in [6.45, 7) is 25.2. The molecule has 0 heterocycles. The zero-order chi connectivity index (χ0) is 32.2. The number of ketones is 1. The summed E-state index contributed by atoms with van der Waals surface area (Å²) in [7, 11) is -2.69. The number of rotatable bonds is 16. The van der Waals surface area contributed by atoms with Crippen molar-refractivity contribution in [1.82, 2.24) is 0 Å². The second-order valence-electron chi connectivity index (χ2n) is 14.7. The monoisotopic (exact) mass is 618 g/mol. The van der Waals surface area contributed by atoms with Crippen LogP contribution in [0.15, 0.2) is 48.6 Å². The Labute approximate surface area is 260 Å². The third kappa shape index (κ3) is 12.6. The topological polar surface area (TPSA) is 61.8 Å². The molecule has 0 aromatic rings. The minimum absolute atomic E-state index is 0.0127. The van der Waals surface area contributed by atoms with Crippen LogP contribution in [0.4, 0.5) is 0 Å². The average Bonchev–Trinajstić information content (AvgIpc) is 3.17. The molecule has 0 saturated heterocycles. The van der Waals surface area contributed by atoms with Gasteiger partial charge in [0.05, 0.1) is 19.3 Å². The zero-order valence-electron chi connectivity index (χ0n) is 28.9. The first-order valence-corrected chi connectivity index (χ1v) is 21.8. The van der Waals surface area contributed by atoms with Crippen LogP contribution in [0.25, 0.3) is 0 Å². The van der Waals surface area contributed by atoms with E-state index in [-0.39, 0.29) is 45.9 Å². The number of hydrogen-bond donors (Lipinski definition) is 0. The normalized spacial score (nSPS) is 22.8. The molecule has 0 radical (unpaired) electrons. The number of hydrogen-bond acceptors (Lipinski definition) is 5. The third-order valence-corrected chi connectivity index (χ3v) is 18.4. The van der Waals surface area contributed by atoms with Crippen LogP contribution >= 0.6 is 0 Å². The summed E-state index contributed by atoms with van der Waals surface area (Å²) in [4.78, 5) is 24.2. The molecule has 0 unspecified atom stereocenters. The molecule has 0 N–H and O–H groups in total. The summed E-state index contributed by atoms with van der Waals surface area (Å²) >= 11 is 0. The van der Waals surface area contributed by atoms with Crippen LogP contribution in [0.5, 0.6) is 0 Å². The summed E-state index contributed by atoms with van der Waals surface area (Å²) in [5, 5.41) is 0.198. The van der Waals surface area contributed by atoms with E-state index in [1.807, 2.05) is 12.2 Å². The molecule has 42 heavy (non-hydrogen) atoms. The maximum atomic E-state index is 12.9. The minimum atomic E-state index is -2.06. The lowest BCUT2D eigenvalue weighted by molar-refractivity contribution is -0.140. The van der Waals surface area contributed by atoms with Gasteiger partial charge in [0.15, 0.2) is 22.4 Å². The van der Waals surface area contributed by atoms with Gasteiger partial charge in [-0.2, -0.15) is 0 Å². The van der Waals surface area contributed by atoms with E-state index in [9.17, 15) is 9.59 Å². The molecule has 240 valence electrons. The Balaban J connectivity index is 3.32. The van der Waals surface area contributed by atoms with E-state index in [1.54, 1.807) is 6.08 Å². The Bertz CT molecular complexity index is 963. The van der Waals surface area contributed by atoms with Crippen LogP contribution in [0.3, 0.4) is 0 Å². The molecule has 1 fully saturated rings. The summed E-state index contributed by atoms with van der Waals surface area (Å²) < 4.78 is 18.9. The maximum Gasteiger partial charge on any atom is 0.305 e. The van der Waals surface area contributed by atoms with Gasteiger partial charge in [-0.3, -0.25) is 9.59 Å². The minimum Gasteiger partial charge on any atom is -0.469 e. The first kappa shape index (κ1) is 38.5. The molecule has 1 saturated carbocycles. The molecule has 0 aromatic heterocycles. The fourth-order valence-electron chi connectivity index (χ4n) is 4.63. The van der Waals surface area contributed by atoms with Gasteiger partial charge in [-0.25, -0.2) is 0 Å². The predicted molar refractivity (Wildman–Crippen MR) is 183 cm³/mol. The fourth-order valence-corrected chi connectivity index (χ4v) is 7.38. The van der Waals surface area contributed by atoms with Crippen molar-refractivity contribution in [3.05, 3.63) is 48.6 Å². The second-order valence-corrected chi connectivity index (χ2v) is 24.3. The lowest BCUT2D eigenvalue weighted by Gasteiger charge is -2.40. The summed E-state index contributed by atoms with van der Waals surface area (Å²) in [6, 6.07) is 0. The fraction of sp³-hybridized carbons (Fsp3) is 0.714. The number of carbonyl (C=O) groups is 2. The van der Waals surface area contributed by atoms with Gasteiger partial charge in [-0.1, -0.05) is 91.0 Å². The molecule has 7 heteroatoms. The summed E-state index contributed by atoms with van der Waals surface area (Å²) in [6.07, 6.45) is 21.6. The summed E-state index contributed by atoms with van der Waals surface area (Å²) in [5.74, 6) is 0.149. The quantitative estimate of drug-likeness (QED) is 0.0746. The van der Waals surface area contributed by atoms with Gasteiger partial charge < -0.3 is 13.6 Å². The lowest BCUT2D eigenvalue weighted by atomic mass is 9.89. The van der Waals surface area contributed by atoms with Gasteiger partial charge in [0.2, 0.25) is 0 Å².